The van der Waals surface area contributed by atoms with Gasteiger partial charge in [0.2, 0.25) is 0 Å². The summed E-state index contributed by atoms with van der Waals surface area (Å²) in [6.07, 6.45) is -3.67. The van der Waals surface area contributed by atoms with Crippen molar-refractivity contribution < 1.29 is 24.6 Å². The average molecular weight is 324 g/mol. The van der Waals surface area contributed by atoms with Crippen LogP contribution < -0.4 is 0 Å². The Balaban J connectivity index is 6.90. The Morgan fingerprint density at radius 1 is 0.773 bits per heavy atom. The molecule has 0 aliphatic heterocycles. The molecule has 0 bridgehead atoms. The van der Waals surface area contributed by atoms with Crippen LogP contribution in [0.25, 0.3) is 0 Å². The highest BCUT2D eigenvalue weighted by Gasteiger charge is 2.91. The smallest absolute Gasteiger partial charge is 0.263 e. The molecule has 0 fully saturated rings. The Kier molecular flexibility index (Phi) is 4.99. The van der Waals surface area contributed by atoms with E-state index in [4.69, 9.17) is 0 Å². The molecule has 0 amide bonds. The molecule has 0 aromatic heterocycles. The molecule has 1 radical (unpaired) electrons. The van der Waals surface area contributed by atoms with Gasteiger partial charge >= 0.3 is 17.9 Å². The zero-order valence-electron chi connectivity index (χ0n) is 11.4. The molecule has 22 heavy (non-hydrogen) atoms. The van der Waals surface area contributed by atoms with Gasteiger partial charge in [0, 0.05) is 0 Å². The first kappa shape index (κ1) is 19.0. The maximum atomic E-state index is 11.1. The summed E-state index contributed by atoms with van der Waals surface area (Å²) in [5.41, 5.74) is -6.29. The van der Waals surface area contributed by atoms with Crippen LogP contribution in [0.15, 0.2) is 0 Å². The van der Waals surface area contributed by atoms with Crippen LogP contribution in [-0.2, 0) is 0 Å². The van der Waals surface area contributed by atoms with Crippen LogP contribution in [0.4, 0.5) is 0 Å². The molecule has 15 heteroatoms. The second-order valence-corrected chi connectivity index (χ2v) is 5.04. The van der Waals surface area contributed by atoms with E-state index in [1.54, 1.807) is 0 Å². The SMILES string of the molecule is CC(C)(C)[C]([N+](=O)[O-])C(C([N+](=O)[O-])[N+](=O)[O-])([N+](=O)[O-])[N+](=O)[O-]. The van der Waals surface area contributed by atoms with Gasteiger partial charge in [0.05, 0.1) is 10.3 Å². The topological polar surface area (TPSA) is 216 Å². The summed E-state index contributed by atoms with van der Waals surface area (Å²) in [6, 6.07) is -1.77. The van der Waals surface area contributed by atoms with Gasteiger partial charge in [-0.2, -0.15) is 0 Å². The van der Waals surface area contributed by atoms with Crippen molar-refractivity contribution in [3.05, 3.63) is 56.6 Å². The van der Waals surface area contributed by atoms with Crippen molar-refractivity contribution in [2.45, 2.75) is 32.6 Å². The second kappa shape index (κ2) is 5.78. The lowest BCUT2D eigenvalue weighted by Gasteiger charge is -2.24. The van der Waals surface area contributed by atoms with Gasteiger partial charge in [-0.3, -0.25) is 50.6 Å². The van der Waals surface area contributed by atoms with Gasteiger partial charge < -0.3 is 0 Å². The molecule has 123 valence electrons. The summed E-state index contributed by atoms with van der Waals surface area (Å²) in [5.74, 6) is 0. The van der Waals surface area contributed by atoms with Crippen LogP contribution in [0.3, 0.4) is 0 Å². The van der Waals surface area contributed by atoms with Crippen molar-refractivity contribution in [2.24, 2.45) is 5.41 Å². The summed E-state index contributed by atoms with van der Waals surface area (Å²) in [6.45, 7) is 2.80. The van der Waals surface area contributed by atoms with Crippen LogP contribution in [0.5, 0.6) is 0 Å². The summed E-state index contributed by atoms with van der Waals surface area (Å²) in [7, 11) is 0. The second-order valence-electron chi connectivity index (χ2n) is 5.04. The molecule has 0 heterocycles. The van der Waals surface area contributed by atoms with Gasteiger partial charge in [-0.05, 0) is 0 Å². The molecular weight excluding hydrogens is 314 g/mol. The van der Waals surface area contributed by atoms with Crippen molar-refractivity contribution in [3.63, 3.8) is 0 Å². The van der Waals surface area contributed by atoms with Gasteiger partial charge in [-0.1, -0.05) is 20.8 Å². The predicted octanol–water partition coefficient (Wildman–Crippen LogP) is -0.0296. The fourth-order valence-corrected chi connectivity index (χ4v) is 1.88. The molecule has 0 aromatic rings. The van der Waals surface area contributed by atoms with Gasteiger partial charge in [-0.15, -0.1) is 0 Å². The molecule has 0 aliphatic rings. The molecule has 0 atom stereocenters. The van der Waals surface area contributed by atoms with Crippen LogP contribution in [0.1, 0.15) is 20.8 Å². The number of rotatable bonds is 7. The lowest BCUT2D eigenvalue weighted by Crippen LogP contribution is -2.68. The molecular formula is C7H10N5O10. The average Bonchev–Trinajstić information content (AvgIpc) is 2.22. The van der Waals surface area contributed by atoms with Crippen molar-refractivity contribution in [1.82, 2.24) is 0 Å². The minimum atomic E-state index is -4.35. The van der Waals surface area contributed by atoms with Crippen molar-refractivity contribution in [2.75, 3.05) is 0 Å². The van der Waals surface area contributed by atoms with Crippen LogP contribution in [0.2, 0.25) is 0 Å². The number of nitro groups is 5. The lowest BCUT2D eigenvalue weighted by atomic mass is 9.78. The van der Waals surface area contributed by atoms with Gasteiger partial charge in [0.15, 0.2) is 0 Å². The molecule has 0 saturated carbocycles. The van der Waals surface area contributed by atoms with E-state index < -0.39 is 47.9 Å². The van der Waals surface area contributed by atoms with E-state index >= 15 is 0 Å². The Morgan fingerprint density at radius 2 is 1.09 bits per heavy atom. The van der Waals surface area contributed by atoms with Crippen LogP contribution in [-0.4, -0.2) is 36.4 Å². The zero-order valence-corrected chi connectivity index (χ0v) is 11.4. The highest BCUT2D eigenvalue weighted by atomic mass is 16.7. The van der Waals surface area contributed by atoms with Crippen molar-refractivity contribution in [1.29, 1.82) is 0 Å². The summed E-state index contributed by atoms with van der Waals surface area (Å²) in [5, 5.41) is 54.9. The molecule has 0 unspecified atom stereocenters. The lowest BCUT2D eigenvalue weighted by molar-refractivity contribution is -0.913. The minimum Gasteiger partial charge on any atom is -0.263 e. The first-order chi connectivity index (χ1) is 9.72. The number of nitrogens with zero attached hydrogens (tertiary/aromatic N) is 5. The highest BCUT2D eigenvalue weighted by Crippen LogP contribution is 2.42. The first-order valence-corrected chi connectivity index (χ1v) is 5.30. The quantitative estimate of drug-likeness (QED) is 0.345. The molecule has 0 aromatic carbocycles. The maximum Gasteiger partial charge on any atom is 0.668 e. The third kappa shape index (κ3) is 2.86. The normalized spacial score (nSPS) is 12.2. The predicted molar refractivity (Wildman–Crippen MR) is 64.2 cm³/mol. The fourth-order valence-electron chi connectivity index (χ4n) is 1.88. The largest absolute Gasteiger partial charge is 0.668 e. The minimum absolute atomic E-state index is 0.934. The standard InChI is InChI=1S/C7H10N5O10/c1-6(2,3)4(8(13)14)7(11(19)20,12(21)22)5(9(15)16)10(17)18/h5H,1-3H3. The fraction of sp³-hybridized carbons (Fsp3) is 0.857. The van der Waals surface area contributed by atoms with E-state index in [9.17, 15) is 50.6 Å². The van der Waals surface area contributed by atoms with E-state index in [0.29, 0.717) is 0 Å². The van der Waals surface area contributed by atoms with E-state index in [-0.39, 0.29) is 0 Å². The van der Waals surface area contributed by atoms with Gasteiger partial charge in [0.1, 0.15) is 19.7 Å². The summed E-state index contributed by atoms with van der Waals surface area (Å²) >= 11 is 0. The maximum absolute atomic E-state index is 11.1. The third-order valence-corrected chi connectivity index (χ3v) is 2.56. The Hall–Kier alpha value is -3.00. The Bertz CT molecular complexity index is 510. The van der Waals surface area contributed by atoms with E-state index in [0.717, 1.165) is 20.8 Å². The van der Waals surface area contributed by atoms with Crippen LogP contribution >= 0.6 is 0 Å². The zero-order chi connectivity index (χ0) is 18.0. The van der Waals surface area contributed by atoms with Crippen molar-refractivity contribution in [3.8, 4) is 0 Å². The van der Waals surface area contributed by atoms with E-state index in [1.807, 2.05) is 0 Å². The monoisotopic (exact) mass is 324 g/mol. The summed E-state index contributed by atoms with van der Waals surface area (Å²) < 4.78 is 0. The Labute approximate surface area is 120 Å². The first-order valence-electron chi connectivity index (χ1n) is 5.30. The van der Waals surface area contributed by atoms with Crippen LogP contribution in [0, 0.1) is 62.0 Å². The Morgan fingerprint density at radius 3 is 1.23 bits per heavy atom. The van der Waals surface area contributed by atoms with Crippen molar-refractivity contribution >= 4 is 0 Å². The molecule has 0 saturated heterocycles. The highest BCUT2D eigenvalue weighted by molar-refractivity contribution is 5.04. The van der Waals surface area contributed by atoms with Gasteiger partial charge in [0.25, 0.3) is 0 Å². The van der Waals surface area contributed by atoms with E-state index in [1.165, 1.54) is 0 Å². The molecule has 0 spiro atoms. The molecule has 0 aliphatic carbocycles. The molecule has 15 nitrogen and oxygen atoms in total. The number of hydrogen-bond donors (Lipinski definition) is 0. The molecule has 0 rings (SSSR count). The third-order valence-electron chi connectivity index (χ3n) is 2.56. The summed E-state index contributed by atoms with van der Waals surface area (Å²) in [4.78, 5) is 45.5. The number of hydrogen-bond acceptors (Lipinski definition) is 10. The van der Waals surface area contributed by atoms with E-state index in [2.05, 4.69) is 0 Å². The van der Waals surface area contributed by atoms with Gasteiger partial charge in [-0.25, -0.2) is 0 Å². The molecule has 0 N–H and O–H groups in total.